The summed E-state index contributed by atoms with van der Waals surface area (Å²) >= 11 is 0. The molecule has 0 saturated heterocycles. The minimum Gasteiger partial charge on any atom is -0.506 e. The Morgan fingerprint density at radius 3 is 2.65 bits per heavy atom. The fourth-order valence-electron chi connectivity index (χ4n) is 0.982. The number of rotatable bonds is 4. The summed E-state index contributed by atoms with van der Waals surface area (Å²) in [6, 6.07) is 1.18. The van der Waals surface area contributed by atoms with Gasteiger partial charge >= 0.3 is 5.97 Å². The van der Waals surface area contributed by atoms with Gasteiger partial charge in [-0.05, 0) is 13.0 Å². The lowest BCUT2D eigenvalue weighted by Crippen LogP contribution is -2.46. The topological polar surface area (TPSA) is 120 Å². The molecular weight excluding hydrogens is 228 g/mol. The standard InChI is InChI=1S/C10H12N2O5/c1-10(17,9(15)16)5-12-8(14)6-2-7(13)4-11-3-6/h2-4,13,17H,5H2,1H3,(H,12,14)(H,15,16). The summed E-state index contributed by atoms with van der Waals surface area (Å²) in [6.45, 7) is 0.618. The number of carboxylic acid groups (broad SMARTS) is 1. The van der Waals surface area contributed by atoms with E-state index >= 15 is 0 Å². The van der Waals surface area contributed by atoms with Gasteiger partial charge in [-0.15, -0.1) is 0 Å². The summed E-state index contributed by atoms with van der Waals surface area (Å²) in [7, 11) is 0. The van der Waals surface area contributed by atoms with E-state index in [9.17, 15) is 14.7 Å². The van der Waals surface area contributed by atoms with Crippen LogP contribution in [0.5, 0.6) is 5.75 Å². The molecular formula is C10H12N2O5. The van der Waals surface area contributed by atoms with Gasteiger partial charge in [0.2, 0.25) is 0 Å². The van der Waals surface area contributed by atoms with Gasteiger partial charge in [-0.3, -0.25) is 9.78 Å². The van der Waals surface area contributed by atoms with Gasteiger partial charge in [0.1, 0.15) is 5.75 Å². The second-order valence-corrected chi connectivity index (χ2v) is 3.69. The van der Waals surface area contributed by atoms with E-state index in [1.54, 1.807) is 0 Å². The molecule has 1 atom stereocenters. The van der Waals surface area contributed by atoms with Crippen molar-refractivity contribution in [1.29, 1.82) is 0 Å². The summed E-state index contributed by atoms with van der Waals surface area (Å²) in [5.41, 5.74) is -1.97. The van der Waals surface area contributed by atoms with Crippen LogP contribution in [0.1, 0.15) is 17.3 Å². The summed E-state index contributed by atoms with van der Waals surface area (Å²) in [5.74, 6) is -2.25. The zero-order valence-electron chi connectivity index (χ0n) is 9.04. The zero-order valence-corrected chi connectivity index (χ0v) is 9.04. The van der Waals surface area contributed by atoms with Crippen LogP contribution in [0.4, 0.5) is 0 Å². The number of hydrogen-bond acceptors (Lipinski definition) is 5. The van der Waals surface area contributed by atoms with Crippen molar-refractivity contribution in [3.8, 4) is 5.75 Å². The first-order valence-electron chi connectivity index (χ1n) is 4.71. The Bertz CT molecular complexity index is 444. The van der Waals surface area contributed by atoms with E-state index in [1.807, 2.05) is 0 Å². The zero-order chi connectivity index (χ0) is 13.1. The second kappa shape index (κ2) is 4.79. The normalized spacial score (nSPS) is 13.8. The molecule has 92 valence electrons. The average Bonchev–Trinajstić information content (AvgIpc) is 2.25. The van der Waals surface area contributed by atoms with E-state index in [1.165, 1.54) is 12.3 Å². The number of carboxylic acids is 1. The Hall–Kier alpha value is -2.15. The van der Waals surface area contributed by atoms with E-state index < -0.39 is 24.0 Å². The molecule has 0 aliphatic rings. The maximum Gasteiger partial charge on any atom is 0.337 e. The first kappa shape index (κ1) is 12.9. The van der Waals surface area contributed by atoms with Crippen LogP contribution in [-0.4, -0.2) is 44.3 Å². The Morgan fingerprint density at radius 1 is 1.47 bits per heavy atom. The van der Waals surface area contributed by atoms with E-state index in [0.29, 0.717) is 0 Å². The monoisotopic (exact) mass is 240 g/mol. The first-order valence-corrected chi connectivity index (χ1v) is 4.71. The Balaban J connectivity index is 2.65. The SMILES string of the molecule is CC(O)(CNC(=O)c1cncc(O)c1)C(=O)O. The van der Waals surface area contributed by atoms with Crippen LogP contribution in [0.25, 0.3) is 0 Å². The van der Waals surface area contributed by atoms with E-state index in [4.69, 9.17) is 10.2 Å². The molecule has 0 fully saturated rings. The van der Waals surface area contributed by atoms with Gasteiger partial charge in [0, 0.05) is 6.20 Å². The van der Waals surface area contributed by atoms with Gasteiger partial charge in [-0.2, -0.15) is 0 Å². The highest BCUT2D eigenvalue weighted by molar-refractivity contribution is 5.94. The smallest absolute Gasteiger partial charge is 0.337 e. The lowest BCUT2D eigenvalue weighted by molar-refractivity contribution is -0.155. The lowest BCUT2D eigenvalue weighted by Gasteiger charge is -2.18. The fourth-order valence-corrected chi connectivity index (χ4v) is 0.982. The average molecular weight is 240 g/mol. The fraction of sp³-hybridized carbons (Fsp3) is 0.300. The molecule has 0 radical (unpaired) electrons. The molecule has 17 heavy (non-hydrogen) atoms. The van der Waals surface area contributed by atoms with Crippen molar-refractivity contribution >= 4 is 11.9 Å². The highest BCUT2D eigenvalue weighted by Gasteiger charge is 2.30. The highest BCUT2D eigenvalue weighted by Crippen LogP contribution is 2.08. The predicted octanol–water partition coefficient (Wildman–Crippen LogP) is -0.647. The molecule has 4 N–H and O–H groups in total. The third kappa shape index (κ3) is 3.42. The molecule has 0 saturated carbocycles. The number of aliphatic hydroxyl groups is 1. The van der Waals surface area contributed by atoms with Gasteiger partial charge in [-0.25, -0.2) is 4.79 Å². The number of pyridine rings is 1. The van der Waals surface area contributed by atoms with Crippen molar-refractivity contribution in [3.05, 3.63) is 24.0 Å². The number of aromatic nitrogens is 1. The van der Waals surface area contributed by atoms with Crippen LogP contribution in [0, 0.1) is 0 Å². The maximum absolute atomic E-state index is 11.5. The molecule has 0 bridgehead atoms. The Morgan fingerprint density at radius 2 is 2.12 bits per heavy atom. The van der Waals surface area contributed by atoms with Crippen LogP contribution < -0.4 is 5.32 Å². The molecule has 7 nitrogen and oxygen atoms in total. The van der Waals surface area contributed by atoms with Crippen molar-refractivity contribution in [3.63, 3.8) is 0 Å². The number of aliphatic carboxylic acids is 1. The quantitative estimate of drug-likeness (QED) is 0.555. The molecule has 1 aromatic heterocycles. The molecule has 1 unspecified atom stereocenters. The third-order valence-electron chi connectivity index (χ3n) is 2.04. The molecule has 1 amide bonds. The summed E-state index contributed by atoms with van der Waals surface area (Å²) in [5, 5.41) is 29.3. The van der Waals surface area contributed by atoms with Crippen molar-refractivity contribution in [2.24, 2.45) is 0 Å². The van der Waals surface area contributed by atoms with E-state index in [0.717, 1.165) is 13.1 Å². The van der Waals surface area contributed by atoms with Crippen LogP contribution in [-0.2, 0) is 4.79 Å². The number of amides is 1. The minimum atomic E-state index is -2.04. The lowest BCUT2D eigenvalue weighted by atomic mass is 10.1. The van der Waals surface area contributed by atoms with Gasteiger partial charge in [0.25, 0.3) is 5.91 Å². The molecule has 7 heteroatoms. The van der Waals surface area contributed by atoms with E-state index in [-0.39, 0.29) is 11.3 Å². The molecule has 0 aliphatic heterocycles. The summed E-state index contributed by atoms with van der Waals surface area (Å²) in [4.78, 5) is 25.7. The molecule has 0 spiro atoms. The molecule has 0 aromatic carbocycles. The number of nitrogens with zero attached hydrogens (tertiary/aromatic N) is 1. The molecule has 0 aliphatic carbocycles. The van der Waals surface area contributed by atoms with Crippen LogP contribution >= 0.6 is 0 Å². The number of nitrogens with one attached hydrogen (secondary N) is 1. The molecule has 1 heterocycles. The number of carbonyl (C=O) groups is 2. The molecule has 1 aromatic rings. The largest absolute Gasteiger partial charge is 0.506 e. The Labute approximate surface area is 96.7 Å². The summed E-state index contributed by atoms with van der Waals surface area (Å²) in [6.07, 6.45) is 2.37. The number of hydrogen-bond donors (Lipinski definition) is 4. The number of aromatic hydroxyl groups is 1. The van der Waals surface area contributed by atoms with Gasteiger partial charge < -0.3 is 20.6 Å². The van der Waals surface area contributed by atoms with Gasteiger partial charge in [-0.1, -0.05) is 0 Å². The molecule has 1 rings (SSSR count). The van der Waals surface area contributed by atoms with Crippen molar-refractivity contribution in [2.45, 2.75) is 12.5 Å². The summed E-state index contributed by atoms with van der Waals surface area (Å²) < 4.78 is 0. The van der Waals surface area contributed by atoms with Crippen LogP contribution in [0.2, 0.25) is 0 Å². The first-order chi connectivity index (χ1) is 7.83. The highest BCUT2D eigenvalue weighted by atomic mass is 16.4. The third-order valence-corrected chi connectivity index (χ3v) is 2.04. The second-order valence-electron chi connectivity index (χ2n) is 3.69. The Kier molecular flexibility index (Phi) is 3.64. The van der Waals surface area contributed by atoms with Crippen molar-refractivity contribution in [1.82, 2.24) is 10.3 Å². The van der Waals surface area contributed by atoms with Crippen LogP contribution in [0.3, 0.4) is 0 Å². The maximum atomic E-state index is 11.5. The van der Waals surface area contributed by atoms with E-state index in [2.05, 4.69) is 10.3 Å². The minimum absolute atomic E-state index is 0.0752. The predicted molar refractivity (Wildman–Crippen MR) is 56.5 cm³/mol. The van der Waals surface area contributed by atoms with Crippen molar-refractivity contribution in [2.75, 3.05) is 6.54 Å². The van der Waals surface area contributed by atoms with Gasteiger partial charge in [0.05, 0.1) is 18.3 Å². The van der Waals surface area contributed by atoms with Gasteiger partial charge in [0.15, 0.2) is 5.60 Å². The number of carbonyl (C=O) groups excluding carboxylic acids is 1. The van der Waals surface area contributed by atoms with Crippen molar-refractivity contribution < 1.29 is 24.9 Å². The van der Waals surface area contributed by atoms with Crippen LogP contribution in [0.15, 0.2) is 18.5 Å².